The number of aliphatic hydroxyl groups is 1. The van der Waals surface area contributed by atoms with Crippen LogP contribution in [0, 0.1) is 17.6 Å². The Kier molecular flexibility index (Phi) is 11.8. The van der Waals surface area contributed by atoms with Crippen LogP contribution in [0.5, 0.6) is 0 Å². The van der Waals surface area contributed by atoms with Crippen LogP contribution < -0.4 is 21.5 Å². The molecule has 1 atom stereocenters. The van der Waals surface area contributed by atoms with Crippen molar-refractivity contribution in [1.29, 1.82) is 0 Å². The predicted octanol–water partition coefficient (Wildman–Crippen LogP) is 4.99. The number of amides is 3. The van der Waals surface area contributed by atoms with Crippen molar-refractivity contribution in [3.63, 3.8) is 0 Å². The van der Waals surface area contributed by atoms with E-state index >= 15 is 4.39 Å². The molecule has 59 heavy (non-hydrogen) atoms. The summed E-state index contributed by atoms with van der Waals surface area (Å²) < 4.78 is 31.7. The molecule has 3 aliphatic heterocycles. The Morgan fingerprint density at radius 3 is 2.37 bits per heavy atom. The van der Waals surface area contributed by atoms with Gasteiger partial charge in [0, 0.05) is 67.2 Å². The second-order valence-electron chi connectivity index (χ2n) is 16.5. The van der Waals surface area contributed by atoms with Crippen LogP contribution in [0.3, 0.4) is 0 Å². The molecule has 0 unspecified atom stereocenters. The number of piperidine rings is 3. The minimum absolute atomic E-state index is 0.0278. The number of benzene rings is 2. The average Bonchev–Trinajstić information content (AvgIpc) is 3.23. The molecule has 15 heteroatoms. The molecule has 1 saturated carbocycles. The van der Waals surface area contributed by atoms with Crippen LogP contribution in [0.15, 0.2) is 77.9 Å². The highest BCUT2D eigenvalue weighted by Gasteiger charge is 2.39. The molecular formula is C44H50F2N8O5. The zero-order valence-electron chi connectivity index (χ0n) is 32.9. The standard InChI is InChI=1S/C44H50F2N8O5/c45-35-25-32(48-37-13-14-38(55)50-41(37)57)11-12-34(35)28-15-20-52(21-16-28)27-44(59)17-22-53(23-18-44)42(58)29-7-9-31(10-8-29)49-43-47-26-36(46)40(51-43)30-4-3-5-33(24-30)54-19-2-1-6-39(54)56/h1-6,11-12,19,24-26,28-29,31,37,48,59H,7-10,13-18,20-23,27H2,(H,47,49,51)(H,50,55,57)/t29-,31-,37-/m1/s1. The average molecular weight is 809 g/mol. The Labute approximate surface area is 341 Å². The van der Waals surface area contributed by atoms with Gasteiger partial charge >= 0.3 is 0 Å². The number of hydrogen-bond acceptors (Lipinski definition) is 10. The van der Waals surface area contributed by atoms with Gasteiger partial charge in [-0.1, -0.05) is 24.3 Å². The summed E-state index contributed by atoms with van der Waals surface area (Å²) >= 11 is 0. The van der Waals surface area contributed by atoms with E-state index in [0.717, 1.165) is 45.0 Å². The largest absolute Gasteiger partial charge is 0.388 e. The Bertz CT molecular complexity index is 2250. The third-order valence-electron chi connectivity index (χ3n) is 12.5. The SMILES string of the molecule is O=C1CC[C@@H](Nc2ccc(C3CCN(CC4(O)CCN(C(=O)[C@H]5CC[C@H](Nc6ncc(F)c(-c7cccc(-n8ccccc8=O)c7)n6)CC5)CC4)CC3)c(F)c2)C(=O)N1. The number of β-amino-alcohol motifs (C(OH)–C–C–N with tert-alkyl or cyclic N) is 1. The first-order valence-corrected chi connectivity index (χ1v) is 20.7. The van der Waals surface area contributed by atoms with Crippen LogP contribution in [0.1, 0.15) is 75.7 Å². The number of aromatic nitrogens is 3. The first-order chi connectivity index (χ1) is 28.5. The quantitative estimate of drug-likeness (QED) is 0.161. The first-order valence-electron chi connectivity index (χ1n) is 20.7. The Morgan fingerprint density at radius 2 is 1.64 bits per heavy atom. The van der Waals surface area contributed by atoms with Crippen molar-refractivity contribution < 1.29 is 28.3 Å². The predicted molar refractivity (Wildman–Crippen MR) is 218 cm³/mol. The molecule has 0 spiro atoms. The lowest BCUT2D eigenvalue weighted by Crippen LogP contribution is -2.54. The molecule has 3 saturated heterocycles. The van der Waals surface area contributed by atoms with Crippen LogP contribution in [-0.2, 0) is 14.4 Å². The van der Waals surface area contributed by atoms with Crippen molar-refractivity contribution in [2.45, 2.75) is 87.8 Å². The Balaban J connectivity index is 0.776. The van der Waals surface area contributed by atoms with E-state index in [9.17, 15) is 28.7 Å². The number of carbonyl (C=O) groups excluding carboxylic acids is 3. The molecule has 1 aliphatic carbocycles. The van der Waals surface area contributed by atoms with Crippen LogP contribution >= 0.6 is 0 Å². The lowest BCUT2D eigenvalue weighted by Gasteiger charge is -2.43. The molecule has 2 aromatic heterocycles. The number of pyridine rings is 1. The second kappa shape index (κ2) is 17.4. The van der Waals surface area contributed by atoms with E-state index < -0.39 is 23.4 Å². The third kappa shape index (κ3) is 9.36. The van der Waals surface area contributed by atoms with Crippen molar-refractivity contribution in [1.82, 2.24) is 29.7 Å². The van der Waals surface area contributed by atoms with E-state index in [4.69, 9.17) is 0 Å². The first kappa shape index (κ1) is 40.2. The van der Waals surface area contributed by atoms with E-state index in [0.29, 0.717) is 80.2 Å². The Morgan fingerprint density at radius 1 is 0.864 bits per heavy atom. The number of carbonyl (C=O) groups is 3. The monoisotopic (exact) mass is 808 g/mol. The molecule has 310 valence electrons. The number of likely N-dealkylation sites (tertiary alicyclic amines) is 2. The molecular weight excluding hydrogens is 759 g/mol. The lowest BCUT2D eigenvalue weighted by molar-refractivity contribution is -0.141. The highest BCUT2D eigenvalue weighted by atomic mass is 19.1. The summed E-state index contributed by atoms with van der Waals surface area (Å²) in [5.41, 5.74) is 1.31. The maximum absolute atomic E-state index is 15.3. The summed E-state index contributed by atoms with van der Waals surface area (Å²) in [5, 5.41) is 20.3. The lowest BCUT2D eigenvalue weighted by atomic mass is 9.83. The topological polar surface area (TPSA) is 162 Å². The van der Waals surface area contributed by atoms with Gasteiger partial charge in [0.1, 0.15) is 17.6 Å². The van der Waals surface area contributed by atoms with Crippen LogP contribution in [-0.4, -0.2) is 97.6 Å². The highest BCUT2D eigenvalue weighted by Crippen LogP contribution is 2.35. The van der Waals surface area contributed by atoms with Gasteiger partial charge in [0.05, 0.1) is 11.8 Å². The molecule has 4 fully saturated rings. The number of anilines is 2. The van der Waals surface area contributed by atoms with Gasteiger partial charge in [-0.15, -0.1) is 0 Å². The van der Waals surface area contributed by atoms with Crippen molar-refractivity contribution in [3.8, 4) is 16.9 Å². The van der Waals surface area contributed by atoms with Crippen molar-refractivity contribution >= 4 is 29.4 Å². The van der Waals surface area contributed by atoms with E-state index in [1.807, 2.05) is 4.90 Å². The molecule has 0 radical (unpaired) electrons. The number of nitrogens with zero attached hydrogens (tertiary/aromatic N) is 5. The molecule has 5 heterocycles. The summed E-state index contributed by atoms with van der Waals surface area (Å²) in [7, 11) is 0. The summed E-state index contributed by atoms with van der Waals surface area (Å²) in [6, 6.07) is 16.3. The smallest absolute Gasteiger partial charge is 0.255 e. The molecule has 0 bridgehead atoms. The van der Waals surface area contributed by atoms with Gasteiger partial charge < -0.3 is 25.5 Å². The van der Waals surface area contributed by atoms with Gasteiger partial charge in [-0.3, -0.25) is 29.1 Å². The number of hydrogen-bond donors (Lipinski definition) is 4. The van der Waals surface area contributed by atoms with E-state index in [1.54, 1.807) is 54.7 Å². The van der Waals surface area contributed by atoms with Gasteiger partial charge in [0.2, 0.25) is 23.7 Å². The van der Waals surface area contributed by atoms with Gasteiger partial charge in [-0.05, 0) is 113 Å². The fourth-order valence-electron chi connectivity index (χ4n) is 9.11. The molecule has 2 aromatic carbocycles. The van der Waals surface area contributed by atoms with E-state index in [-0.39, 0.29) is 53.2 Å². The fourth-order valence-corrected chi connectivity index (χ4v) is 9.11. The number of nitrogens with one attached hydrogen (secondary N) is 3. The van der Waals surface area contributed by atoms with Crippen molar-refractivity contribution in [2.24, 2.45) is 5.92 Å². The summed E-state index contributed by atoms with van der Waals surface area (Å²) in [6.07, 6.45) is 8.82. The third-order valence-corrected chi connectivity index (χ3v) is 12.5. The van der Waals surface area contributed by atoms with Crippen LogP contribution in [0.4, 0.5) is 20.4 Å². The minimum Gasteiger partial charge on any atom is -0.388 e. The Hall–Kier alpha value is -5.54. The molecule has 13 nitrogen and oxygen atoms in total. The molecule has 8 rings (SSSR count). The normalized spacial score (nSPS) is 22.8. The zero-order valence-corrected chi connectivity index (χ0v) is 32.9. The summed E-state index contributed by atoms with van der Waals surface area (Å²) in [5.74, 6) is -1.20. The summed E-state index contributed by atoms with van der Waals surface area (Å²) in [6.45, 7) is 2.98. The molecule has 4 aromatic rings. The summed E-state index contributed by atoms with van der Waals surface area (Å²) in [4.78, 5) is 62.4. The van der Waals surface area contributed by atoms with Gasteiger partial charge in [0.25, 0.3) is 5.56 Å². The van der Waals surface area contributed by atoms with E-state index in [2.05, 4.69) is 30.8 Å². The van der Waals surface area contributed by atoms with Crippen molar-refractivity contribution in [3.05, 3.63) is 101 Å². The van der Waals surface area contributed by atoms with Gasteiger partial charge in [0.15, 0.2) is 5.82 Å². The minimum atomic E-state index is -0.894. The maximum Gasteiger partial charge on any atom is 0.255 e. The fraction of sp³-hybridized carbons (Fsp3) is 0.455. The molecule has 4 N–H and O–H groups in total. The highest BCUT2D eigenvalue weighted by molar-refractivity contribution is 6.01. The van der Waals surface area contributed by atoms with Crippen molar-refractivity contribution in [2.75, 3.05) is 43.4 Å². The molecule has 3 amide bonds. The van der Waals surface area contributed by atoms with Crippen LogP contribution in [0.2, 0.25) is 0 Å². The van der Waals surface area contributed by atoms with Crippen LogP contribution in [0.25, 0.3) is 16.9 Å². The number of rotatable bonds is 10. The number of imide groups is 1. The zero-order chi connectivity index (χ0) is 41.1. The second-order valence-corrected chi connectivity index (χ2v) is 16.5. The van der Waals surface area contributed by atoms with E-state index in [1.165, 1.54) is 16.7 Å². The maximum atomic E-state index is 15.3. The van der Waals surface area contributed by atoms with Gasteiger partial charge in [-0.25, -0.2) is 18.7 Å². The van der Waals surface area contributed by atoms with Gasteiger partial charge in [-0.2, -0.15) is 0 Å². The number of halogens is 2. The molecule has 4 aliphatic rings.